The van der Waals surface area contributed by atoms with Gasteiger partial charge in [-0.25, -0.2) is 4.98 Å². The molecule has 0 saturated heterocycles. The average Bonchev–Trinajstić information content (AvgIpc) is 3.35. The van der Waals surface area contributed by atoms with Gasteiger partial charge in [0.05, 0.1) is 48.0 Å². The van der Waals surface area contributed by atoms with Crippen LogP contribution in [0, 0.1) is 0 Å². The second-order valence-electron chi connectivity index (χ2n) is 8.22. The summed E-state index contributed by atoms with van der Waals surface area (Å²) in [4.78, 5) is 18.3. The summed E-state index contributed by atoms with van der Waals surface area (Å²) in [7, 11) is 0. The standard InChI is InChI=1S/C24H22N2O4/c1-3-14-12(2)30-11-19-15(14)7-21-23-17(9-26(21)24(19)28)18(10-27)16-6-13-4-5-29-22(13)8-20(16)25-23/h6-8,14,27H,2-5,9-11H2,1H3. The molecule has 1 aromatic carbocycles. The Hall–Kier alpha value is -3.12. The first-order chi connectivity index (χ1) is 14.6. The summed E-state index contributed by atoms with van der Waals surface area (Å²) >= 11 is 0. The van der Waals surface area contributed by atoms with Gasteiger partial charge in [-0.2, -0.15) is 0 Å². The van der Waals surface area contributed by atoms with E-state index in [1.54, 1.807) is 4.57 Å². The van der Waals surface area contributed by atoms with E-state index in [2.05, 4.69) is 25.6 Å². The van der Waals surface area contributed by atoms with E-state index >= 15 is 0 Å². The van der Waals surface area contributed by atoms with Gasteiger partial charge >= 0.3 is 0 Å². The third-order valence-electron chi connectivity index (χ3n) is 6.74. The predicted octanol–water partition coefficient (Wildman–Crippen LogP) is 3.39. The summed E-state index contributed by atoms with van der Waals surface area (Å²) < 4.78 is 13.2. The van der Waals surface area contributed by atoms with Gasteiger partial charge in [0.25, 0.3) is 5.56 Å². The fraction of sp³-hybridized carbons (Fsp3) is 0.333. The summed E-state index contributed by atoms with van der Waals surface area (Å²) in [5.74, 6) is 1.58. The van der Waals surface area contributed by atoms with Crippen LogP contribution in [0.15, 0.2) is 35.3 Å². The minimum Gasteiger partial charge on any atom is -0.493 e. The first-order valence-corrected chi connectivity index (χ1v) is 10.4. The molecule has 6 nitrogen and oxygen atoms in total. The van der Waals surface area contributed by atoms with E-state index in [0.29, 0.717) is 24.5 Å². The monoisotopic (exact) mass is 402 g/mol. The quantitative estimate of drug-likeness (QED) is 0.556. The number of benzene rings is 1. The Labute approximate surface area is 173 Å². The summed E-state index contributed by atoms with van der Waals surface area (Å²) in [5.41, 5.74) is 6.94. The minimum atomic E-state index is -0.0963. The fourth-order valence-electron chi connectivity index (χ4n) is 5.17. The summed E-state index contributed by atoms with van der Waals surface area (Å²) in [5, 5.41) is 11.2. The number of aliphatic hydroxyl groups is 1. The molecule has 0 amide bonds. The molecule has 1 N–H and O–H groups in total. The first kappa shape index (κ1) is 17.7. The molecule has 0 spiro atoms. The number of rotatable bonds is 2. The molecule has 0 bridgehead atoms. The molecule has 5 heterocycles. The van der Waals surface area contributed by atoms with E-state index in [1.165, 1.54) is 0 Å². The smallest absolute Gasteiger partial charge is 0.258 e. The van der Waals surface area contributed by atoms with Crippen LogP contribution in [0.3, 0.4) is 0 Å². The van der Waals surface area contributed by atoms with Gasteiger partial charge in [-0.3, -0.25) is 4.79 Å². The van der Waals surface area contributed by atoms with E-state index in [4.69, 9.17) is 14.5 Å². The van der Waals surface area contributed by atoms with Crippen molar-refractivity contribution in [2.24, 2.45) is 0 Å². The molecular weight excluding hydrogens is 380 g/mol. The molecular formula is C24H22N2O4. The van der Waals surface area contributed by atoms with Gasteiger partial charge in [-0.05, 0) is 35.2 Å². The number of hydrogen-bond donors (Lipinski definition) is 1. The molecule has 0 saturated carbocycles. The van der Waals surface area contributed by atoms with Crippen molar-refractivity contribution in [3.8, 4) is 17.1 Å². The molecule has 0 fully saturated rings. The van der Waals surface area contributed by atoms with Crippen molar-refractivity contribution in [2.45, 2.75) is 45.4 Å². The highest BCUT2D eigenvalue weighted by molar-refractivity contribution is 5.90. The maximum Gasteiger partial charge on any atom is 0.258 e. The van der Waals surface area contributed by atoms with Crippen molar-refractivity contribution in [3.05, 3.63) is 68.7 Å². The number of hydrogen-bond acceptors (Lipinski definition) is 5. The highest BCUT2D eigenvalue weighted by Crippen LogP contribution is 2.41. The zero-order valence-electron chi connectivity index (χ0n) is 16.8. The largest absolute Gasteiger partial charge is 0.493 e. The number of ether oxygens (including phenoxy) is 2. The number of pyridine rings is 2. The first-order valence-electron chi connectivity index (χ1n) is 10.4. The average molecular weight is 402 g/mol. The molecule has 6 rings (SSSR count). The Bertz CT molecular complexity index is 1320. The number of aliphatic hydroxyl groups excluding tert-OH is 1. The predicted molar refractivity (Wildman–Crippen MR) is 113 cm³/mol. The van der Waals surface area contributed by atoms with Gasteiger partial charge in [0, 0.05) is 29.4 Å². The minimum absolute atomic E-state index is 0.00541. The molecule has 1 unspecified atom stereocenters. The number of nitrogens with zero attached hydrogens (tertiary/aromatic N) is 2. The van der Waals surface area contributed by atoms with Gasteiger partial charge < -0.3 is 19.1 Å². The van der Waals surface area contributed by atoms with Crippen LogP contribution in [0.2, 0.25) is 0 Å². The van der Waals surface area contributed by atoms with E-state index in [9.17, 15) is 9.90 Å². The molecule has 0 radical (unpaired) electrons. The van der Waals surface area contributed by atoms with Gasteiger partial charge in [0.15, 0.2) is 0 Å². The summed E-state index contributed by atoms with van der Waals surface area (Å²) in [6, 6.07) is 6.12. The van der Waals surface area contributed by atoms with Crippen molar-refractivity contribution in [3.63, 3.8) is 0 Å². The lowest BCUT2D eigenvalue weighted by Gasteiger charge is -2.27. The topological polar surface area (TPSA) is 73.6 Å². The van der Waals surface area contributed by atoms with Crippen LogP contribution < -0.4 is 10.3 Å². The highest BCUT2D eigenvalue weighted by atomic mass is 16.5. The molecule has 152 valence electrons. The van der Waals surface area contributed by atoms with Crippen molar-refractivity contribution < 1.29 is 14.6 Å². The fourth-order valence-corrected chi connectivity index (χ4v) is 5.17. The molecule has 30 heavy (non-hydrogen) atoms. The maximum atomic E-state index is 13.3. The Morgan fingerprint density at radius 2 is 2.13 bits per heavy atom. The molecule has 2 aromatic heterocycles. The zero-order chi connectivity index (χ0) is 20.6. The van der Waals surface area contributed by atoms with Crippen molar-refractivity contribution in [1.29, 1.82) is 0 Å². The van der Waals surface area contributed by atoms with Crippen LogP contribution in [0.25, 0.3) is 22.3 Å². The molecule has 3 aliphatic rings. The lowest BCUT2D eigenvalue weighted by Crippen LogP contribution is -2.29. The SMILES string of the molecule is C=C1OCc2c(cc3n(c2=O)Cc2c-3nc3cc4c(cc3c2CO)CCO4)C1CC. The van der Waals surface area contributed by atoms with Gasteiger partial charge in [0.2, 0.25) is 0 Å². The normalized spacial score (nSPS) is 18.5. The Balaban J connectivity index is 1.64. The van der Waals surface area contributed by atoms with Crippen LogP contribution in [0.5, 0.6) is 5.75 Å². The summed E-state index contributed by atoms with van der Waals surface area (Å²) in [6.45, 7) is 7.37. The number of aromatic nitrogens is 2. The van der Waals surface area contributed by atoms with Crippen LogP contribution in [0.1, 0.15) is 47.1 Å². The van der Waals surface area contributed by atoms with Crippen LogP contribution in [-0.4, -0.2) is 21.3 Å². The van der Waals surface area contributed by atoms with Crippen molar-refractivity contribution >= 4 is 10.9 Å². The van der Waals surface area contributed by atoms with E-state index < -0.39 is 0 Å². The molecule has 6 heteroatoms. The number of fused-ring (bicyclic) bond motifs is 6. The van der Waals surface area contributed by atoms with E-state index in [-0.39, 0.29) is 24.7 Å². The summed E-state index contributed by atoms with van der Waals surface area (Å²) in [6.07, 6.45) is 1.68. The lowest BCUT2D eigenvalue weighted by molar-refractivity contribution is 0.162. The second-order valence-corrected chi connectivity index (χ2v) is 8.22. The van der Waals surface area contributed by atoms with Crippen LogP contribution in [0.4, 0.5) is 0 Å². The van der Waals surface area contributed by atoms with E-state index in [1.807, 2.05) is 6.07 Å². The molecule has 0 aliphatic carbocycles. The third kappa shape index (κ3) is 2.22. The Kier molecular flexibility index (Phi) is 3.65. The van der Waals surface area contributed by atoms with Gasteiger partial charge in [-0.1, -0.05) is 13.5 Å². The number of allylic oxidation sites excluding steroid dienone is 1. The third-order valence-corrected chi connectivity index (χ3v) is 6.74. The molecule has 1 atom stereocenters. The zero-order valence-corrected chi connectivity index (χ0v) is 16.8. The van der Waals surface area contributed by atoms with Gasteiger partial charge in [0.1, 0.15) is 12.4 Å². The Morgan fingerprint density at radius 3 is 2.93 bits per heavy atom. The molecule has 3 aromatic rings. The van der Waals surface area contributed by atoms with Gasteiger partial charge in [-0.15, -0.1) is 0 Å². The second kappa shape index (κ2) is 6.19. The van der Waals surface area contributed by atoms with Crippen molar-refractivity contribution in [2.75, 3.05) is 6.61 Å². The van der Waals surface area contributed by atoms with E-state index in [0.717, 1.165) is 63.1 Å². The molecule has 3 aliphatic heterocycles. The van der Waals surface area contributed by atoms with Crippen LogP contribution in [-0.2, 0) is 30.9 Å². The Morgan fingerprint density at radius 1 is 1.27 bits per heavy atom. The maximum absolute atomic E-state index is 13.3. The van der Waals surface area contributed by atoms with Crippen molar-refractivity contribution in [1.82, 2.24) is 9.55 Å². The lowest BCUT2D eigenvalue weighted by atomic mass is 9.89. The highest BCUT2D eigenvalue weighted by Gasteiger charge is 2.33. The van der Waals surface area contributed by atoms with Crippen LogP contribution >= 0.6 is 0 Å².